The minimum Gasteiger partial charge on any atom is -0.497 e. The van der Waals surface area contributed by atoms with E-state index in [0.717, 1.165) is 11.3 Å². The first-order chi connectivity index (χ1) is 10.1. The zero-order valence-electron chi connectivity index (χ0n) is 12.5. The molecule has 0 saturated heterocycles. The molecule has 0 fully saturated rings. The van der Waals surface area contributed by atoms with Crippen LogP contribution in [0.5, 0.6) is 5.75 Å². The highest BCUT2D eigenvalue weighted by Gasteiger charge is 2.12. The van der Waals surface area contributed by atoms with Gasteiger partial charge in [-0.05, 0) is 37.1 Å². The van der Waals surface area contributed by atoms with Crippen LogP contribution in [0, 0.1) is 11.3 Å². The van der Waals surface area contributed by atoms with Crippen LogP contribution in [-0.2, 0) is 9.53 Å². The molecule has 0 aromatic heterocycles. The number of nitriles is 1. The molecule has 1 aromatic rings. The number of nitrogens with zero attached hydrogens (tertiary/aromatic N) is 1. The zero-order chi connectivity index (χ0) is 15.7. The number of hydrogen-bond acceptors (Lipinski definition) is 4. The molecule has 0 aliphatic carbocycles. The molecule has 0 aliphatic rings. The highest BCUT2D eigenvalue weighted by molar-refractivity contribution is 5.93. The maximum atomic E-state index is 11.7. The van der Waals surface area contributed by atoms with E-state index in [-0.39, 0.29) is 11.7 Å². The number of carbonyl (C=O) groups excluding carboxylic acids is 1. The van der Waals surface area contributed by atoms with E-state index in [4.69, 9.17) is 14.7 Å². The maximum absolute atomic E-state index is 11.7. The summed E-state index contributed by atoms with van der Waals surface area (Å²) in [6.07, 6.45) is 5.42. The van der Waals surface area contributed by atoms with Crippen molar-refractivity contribution in [2.75, 3.05) is 7.11 Å². The Morgan fingerprint density at radius 3 is 2.57 bits per heavy atom. The Kier molecular flexibility index (Phi) is 6.76. The van der Waals surface area contributed by atoms with Crippen LogP contribution in [0.3, 0.4) is 0 Å². The number of carbonyl (C=O) groups is 1. The minimum atomic E-state index is -0.591. The van der Waals surface area contributed by atoms with Gasteiger partial charge in [-0.1, -0.05) is 31.2 Å². The molecule has 0 radical (unpaired) electrons. The molecule has 0 spiro atoms. The van der Waals surface area contributed by atoms with Crippen LogP contribution in [0.4, 0.5) is 0 Å². The van der Waals surface area contributed by atoms with Gasteiger partial charge in [-0.15, -0.1) is 0 Å². The van der Waals surface area contributed by atoms with Crippen LogP contribution < -0.4 is 4.74 Å². The topological polar surface area (TPSA) is 59.3 Å². The third-order valence-corrected chi connectivity index (χ3v) is 2.89. The van der Waals surface area contributed by atoms with Gasteiger partial charge in [-0.2, -0.15) is 5.26 Å². The lowest BCUT2D eigenvalue weighted by atomic mass is 10.2. The predicted octanol–water partition coefficient (Wildman–Crippen LogP) is 3.50. The Morgan fingerprint density at radius 2 is 2.05 bits per heavy atom. The van der Waals surface area contributed by atoms with E-state index in [0.29, 0.717) is 6.42 Å². The fourth-order valence-corrected chi connectivity index (χ4v) is 1.45. The van der Waals surface area contributed by atoms with Crippen LogP contribution in [-0.4, -0.2) is 19.2 Å². The summed E-state index contributed by atoms with van der Waals surface area (Å²) in [4.78, 5) is 11.7. The van der Waals surface area contributed by atoms with Crippen molar-refractivity contribution in [1.29, 1.82) is 5.26 Å². The number of benzene rings is 1. The summed E-state index contributed by atoms with van der Waals surface area (Å²) in [7, 11) is 1.61. The normalized spacial score (nSPS) is 12.8. The van der Waals surface area contributed by atoms with E-state index in [1.807, 2.05) is 37.3 Å². The van der Waals surface area contributed by atoms with Gasteiger partial charge in [0.15, 0.2) is 0 Å². The minimum absolute atomic E-state index is 0.0138. The number of ether oxygens (including phenoxy) is 2. The van der Waals surface area contributed by atoms with E-state index in [1.165, 1.54) is 6.08 Å². The summed E-state index contributed by atoms with van der Waals surface area (Å²) < 4.78 is 10.2. The highest BCUT2D eigenvalue weighted by Crippen LogP contribution is 2.12. The summed E-state index contributed by atoms with van der Waals surface area (Å²) in [6.45, 7) is 3.71. The Labute approximate surface area is 125 Å². The smallest absolute Gasteiger partial charge is 0.349 e. The number of esters is 1. The van der Waals surface area contributed by atoms with Crippen LogP contribution in [0.2, 0.25) is 0 Å². The van der Waals surface area contributed by atoms with Gasteiger partial charge >= 0.3 is 5.97 Å². The summed E-state index contributed by atoms with van der Waals surface area (Å²) in [5, 5.41) is 8.98. The van der Waals surface area contributed by atoms with Crippen molar-refractivity contribution in [3.05, 3.63) is 47.6 Å². The second-order valence-electron chi connectivity index (χ2n) is 4.45. The summed E-state index contributed by atoms with van der Waals surface area (Å²) in [5.41, 5.74) is 0.930. The second kappa shape index (κ2) is 8.60. The second-order valence-corrected chi connectivity index (χ2v) is 4.45. The van der Waals surface area contributed by atoms with Gasteiger partial charge in [-0.3, -0.25) is 0 Å². The van der Waals surface area contributed by atoms with Gasteiger partial charge < -0.3 is 9.47 Å². The fraction of sp³-hybridized carbons (Fsp3) is 0.294. The third kappa shape index (κ3) is 5.53. The molecule has 0 amide bonds. The molecule has 0 saturated carbocycles. The molecule has 4 heteroatoms. The van der Waals surface area contributed by atoms with E-state index in [2.05, 4.69) is 0 Å². The SMILES string of the molecule is CCC(C)OC(=O)/C(C#N)=C/C=C/c1ccc(OC)cc1. The van der Waals surface area contributed by atoms with Crippen molar-refractivity contribution in [1.82, 2.24) is 0 Å². The number of hydrogen-bond donors (Lipinski definition) is 0. The van der Waals surface area contributed by atoms with Crippen molar-refractivity contribution in [3.63, 3.8) is 0 Å². The molecule has 0 heterocycles. The lowest BCUT2D eigenvalue weighted by Crippen LogP contribution is -2.14. The Hall–Kier alpha value is -2.54. The first-order valence-corrected chi connectivity index (χ1v) is 6.74. The monoisotopic (exact) mass is 285 g/mol. The molecule has 0 N–H and O–H groups in total. The Balaban J connectivity index is 2.73. The van der Waals surface area contributed by atoms with E-state index in [9.17, 15) is 4.79 Å². The van der Waals surface area contributed by atoms with E-state index in [1.54, 1.807) is 26.2 Å². The van der Waals surface area contributed by atoms with E-state index < -0.39 is 5.97 Å². The molecule has 1 unspecified atom stereocenters. The Morgan fingerprint density at radius 1 is 1.38 bits per heavy atom. The maximum Gasteiger partial charge on any atom is 0.349 e. The predicted molar refractivity (Wildman–Crippen MR) is 81.6 cm³/mol. The molecule has 21 heavy (non-hydrogen) atoms. The highest BCUT2D eigenvalue weighted by atomic mass is 16.5. The molecule has 4 nitrogen and oxygen atoms in total. The Bertz CT molecular complexity index is 565. The van der Waals surface area contributed by atoms with Crippen molar-refractivity contribution in [3.8, 4) is 11.8 Å². The third-order valence-electron chi connectivity index (χ3n) is 2.89. The average molecular weight is 285 g/mol. The molecule has 110 valence electrons. The van der Waals surface area contributed by atoms with Gasteiger partial charge in [0.1, 0.15) is 17.4 Å². The fourth-order valence-electron chi connectivity index (χ4n) is 1.45. The molecule has 0 aliphatic heterocycles. The van der Waals surface area contributed by atoms with Gasteiger partial charge in [0.2, 0.25) is 0 Å². The summed E-state index contributed by atoms with van der Waals surface area (Å²) in [5.74, 6) is 0.184. The quantitative estimate of drug-likeness (QED) is 0.347. The standard InChI is InChI=1S/C17H19NO3/c1-4-13(2)21-17(19)15(12-18)7-5-6-14-8-10-16(20-3)11-9-14/h5-11,13H,4H2,1-3H3/b6-5+,15-7+. The van der Waals surface area contributed by atoms with Gasteiger partial charge in [0.25, 0.3) is 0 Å². The molecule has 1 atom stereocenters. The van der Waals surface area contributed by atoms with Gasteiger partial charge in [0, 0.05) is 0 Å². The van der Waals surface area contributed by atoms with E-state index >= 15 is 0 Å². The van der Waals surface area contributed by atoms with Crippen molar-refractivity contribution >= 4 is 12.0 Å². The summed E-state index contributed by atoms with van der Waals surface area (Å²) >= 11 is 0. The molecular weight excluding hydrogens is 266 g/mol. The lowest BCUT2D eigenvalue weighted by molar-refractivity contribution is -0.143. The van der Waals surface area contributed by atoms with Crippen LogP contribution >= 0.6 is 0 Å². The molecular formula is C17H19NO3. The van der Waals surface area contributed by atoms with Crippen molar-refractivity contribution in [2.45, 2.75) is 26.4 Å². The number of rotatable bonds is 6. The lowest BCUT2D eigenvalue weighted by Gasteiger charge is -2.09. The average Bonchev–Trinajstić information content (AvgIpc) is 2.51. The van der Waals surface area contributed by atoms with Gasteiger partial charge in [0.05, 0.1) is 13.2 Å². The van der Waals surface area contributed by atoms with Crippen LogP contribution in [0.25, 0.3) is 6.08 Å². The largest absolute Gasteiger partial charge is 0.497 e. The molecule has 1 rings (SSSR count). The number of allylic oxidation sites excluding steroid dienone is 2. The van der Waals surface area contributed by atoms with Gasteiger partial charge in [-0.25, -0.2) is 4.79 Å². The molecule has 0 bridgehead atoms. The first kappa shape index (κ1) is 16.5. The zero-order valence-corrected chi connectivity index (χ0v) is 12.5. The summed E-state index contributed by atoms with van der Waals surface area (Å²) in [6, 6.07) is 9.29. The first-order valence-electron chi connectivity index (χ1n) is 6.74. The van der Waals surface area contributed by atoms with Crippen LogP contribution in [0.1, 0.15) is 25.8 Å². The van der Waals surface area contributed by atoms with Crippen molar-refractivity contribution in [2.24, 2.45) is 0 Å². The number of methoxy groups -OCH3 is 1. The van der Waals surface area contributed by atoms with Crippen LogP contribution in [0.15, 0.2) is 42.0 Å². The van der Waals surface area contributed by atoms with Crippen molar-refractivity contribution < 1.29 is 14.3 Å². The molecule has 1 aromatic carbocycles.